The van der Waals surface area contributed by atoms with Gasteiger partial charge in [0.05, 0.1) is 11.3 Å². The second-order valence-electron chi connectivity index (χ2n) is 6.01. The normalized spacial score (nSPS) is 11.3. The summed E-state index contributed by atoms with van der Waals surface area (Å²) in [7, 11) is -1.13. The summed E-state index contributed by atoms with van der Waals surface area (Å²) < 4.78 is 22.2. The molecule has 0 heterocycles. The summed E-state index contributed by atoms with van der Waals surface area (Å²) in [6, 6.07) is 22.4. The average molecular weight is 409 g/mol. The van der Waals surface area contributed by atoms with Crippen molar-refractivity contribution in [2.75, 3.05) is 18.2 Å². The van der Waals surface area contributed by atoms with Crippen molar-refractivity contribution in [3.8, 4) is 11.5 Å². The fraction of sp³-hybridized carbons (Fsp3) is 0.0909. The number of anilines is 1. The van der Waals surface area contributed by atoms with Crippen LogP contribution in [0, 0.1) is 0 Å². The highest BCUT2D eigenvalue weighted by atomic mass is 32.2. The van der Waals surface area contributed by atoms with Crippen LogP contribution in [0.5, 0.6) is 11.5 Å². The molecule has 148 valence electrons. The number of nitrogens with one attached hydrogen (secondary N) is 1. The van der Waals surface area contributed by atoms with Crippen molar-refractivity contribution in [1.29, 1.82) is 0 Å². The van der Waals surface area contributed by atoms with Crippen LogP contribution in [0.1, 0.15) is 10.4 Å². The van der Waals surface area contributed by atoms with Gasteiger partial charge in [-0.1, -0.05) is 30.3 Å². The van der Waals surface area contributed by atoms with Gasteiger partial charge in [0.15, 0.2) is 12.4 Å². The first kappa shape index (κ1) is 20.3. The first-order valence-corrected chi connectivity index (χ1v) is 10.3. The molecule has 3 aromatic rings. The number of amides is 1. The van der Waals surface area contributed by atoms with Gasteiger partial charge >= 0.3 is 5.97 Å². The lowest BCUT2D eigenvalue weighted by atomic mass is 10.2. The summed E-state index contributed by atoms with van der Waals surface area (Å²) >= 11 is 0. The lowest BCUT2D eigenvalue weighted by molar-refractivity contribution is -0.119. The molecule has 0 aliphatic heterocycles. The molecular weight excluding hydrogens is 390 g/mol. The summed E-state index contributed by atoms with van der Waals surface area (Å²) in [5.41, 5.74) is 0.743. The van der Waals surface area contributed by atoms with E-state index in [1.807, 2.05) is 18.2 Å². The number of carbonyl (C=O) groups excluding carboxylic acids is 2. The van der Waals surface area contributed by atoms with Gasteiger partial charge in [0.25, 0.3) is 5.91 Å². The molecule has 0 aliphatic carbocycles. The van der Waals surface area contributed by atoms with Crippen molar-refractivity contribution in [3.05, 3.63) is 84.4 Å². The molecule has 6 nitrogen and oxygen atoms in total. The summed E-state index contributed by atoms with van der Waals surface area (Å²) in [6.07, 6.45) is 1.55. The molecule has 7 heteroatoms. The predicted octanol–water partition coefficient (Wildman–Crippen LogP) is 4.01. The predicted molar refractivity (Wildman–Crippen MR) is 111 cm³/mol. The van der Waals surface area contributed by atoms with Gasteiger partial charge in [0.2, 0.25) is 0 Å². The number of esters is 1. The van der Waals surface area contributed by atoms with E-state index in [9.17, 15) is 13.8 Å². The van der Waals surface area contributed by atoms with Crippen LogP contribution < -0.4 is 10.1 Å². The topological polar surface area (TPSA) is 81.7 Å². The summed E-state index contributed by atoms with van der Waals surface area (Å²) in [5, 5.41) is 2.68. The maximum Gasteiger partial charge on any atom is 0.338 e. The summed E-state index contributed by atoms with van der Waals surface area (Å²) in [5.74, 6) is -0.0187. The lowest BCUT2D eigenvalue weighted by Gasteiger charge is -2.12. The highest BCUT2D eigenvalue weighted by Gasteiger charge is 2.13. The molecule has 29 heavy (non-hydrogen) atoms. The van der Waals surface area contributed by atoms with Gasteiger partial charge in [-0.15, -0.1) is 0 Å². The molecule has 0 fully saturated rings. The van der Waals surface area contributed by atoms with Crippen LogP contribution >= 0.6 is 0 Å². The second kappa shape index (κ2) is 9.66. The van der Waals surface area contributed by atoms with Gasteiger partial charge < -0.3 is 14.8 Å². The Morgan fingerprint density at radius 2 is 1.55 bits per heavy atom. The highest BCUT2D eigenvalue weighted by Crippen LogP contribution is 2.29. The fourth-order valence-electron chi connectivity index (χ4n) is 2.46. The summed E-state index contributed by atoms with van der Waals surface area (Å²) in [4.78, 5) is 24.9. The summed E-state index contributed by atoms with van der Waals surface area (Å²) in [6.45, 7) is -0.444. The first-order chi connectivity index (χ1) is 14.0. The van der Waals surface area contributed by atoms with Crippen molar-refractivity contribution < 1.29 is 23.3 Å². The van der Waals surface area contributed by atoms with Crippen LogP contribution in [0.25, 0.3) is 0 Å². The Kier molecular flexibility index (Phi) is 6.76. The first-order valence-electron chi connectivity index (χ1n) is 8.75. The quantitative estimate of drug-likeness (QED) is 0.596. The van der Waals surface area contributed by atoms with Crippen LogP contribution in [-0.4, -0.2) is 28.9 Å². The number of hydrogen-bond acceptors (Lipinski definition) is 5. The smallest absolute Gasteiger partial charge is 0.338 e. The molecule has 0 radical (unpaired) electrons. The Labute approximate surface area is 170 Å². The van der Waals surface area contributed by atoms with Crippen LogP contribution in [-0.2, 0) is 20.3 Å². The molecular formula is C22H19NO5S. The number of hydrogen-bond donors (Lipinski definition) is 1. The Hall–Kier alpha value is -3.45. The Balaban J connectivity index is 1.58. The maximum atomic E-state index is 12.2. The van der Waals surface area contributed by atoms with E-state index in [0.29, 0.717) is 22.1 Å². The largest absolute Gasteiger partial charge is 0.455 e. The Morgan fingerprint density at radius 3 is 2.24 bits per heavy atom. The van der Waals surface area contributed by atoms with Crippen LogP contribution in [0.3, 0.4) is 0 Å². The van der Waals surface area contributed by atoms with Crippen LogP contribution in [0.4, 0.5) is 5.69 Å². The fourth-order valence-corrected chi connectivity index (χ4v) is 2.98. The molecule has 0 aliphatic rings. The SMILES string of the molecule is CS(=O)c1ccc(C(=O)OCC(=O)Nc2ccccc2Oc2ccccc2)cc1. The number of rotatable bonds is 7. The van der Waals surface area contributed by atoms with Gasteiger partial charge in [-0.3, -0.25) is 9.00 Å². The molecule has 0 aromatic heterocycles. The van der Waals surface area contributed by atoms with Crippen LogP contribution in [0.15, 0.2) is 83.8 Å². The van der Waals surface area contributed by atoms with Crippen molar-refractivity contribution in [2.45, 2.75) is 4.90 Å². The average Bonchev–Trinajstić information content (AvgIpc) is 2.74. The molecule has 0 saturated carbocycles. The molecule has 1 amide bonds. The zero-order valence-electron chi connectivity index (χ0n) is 15.7. The van der Waals surface area contributed by atoms with E-state index in [2.05, 4.69) is 5.32 Å². The zero-order chi connectivity index (χ0) is 20.6. The molecule has 0 saturated heterocycles. The molecule has 3 aromatic carbocycles. The van der Waals surface area contributed by atoms with E-state index < -0.39 is 29.3 Å². The number of carbonyl (C=O) groups is 2. The van der Waals surface area contributed by atoms with Crippen molar-refractivity contribution in [3.63, 3.8) is 0 Å². The number of para-hydroxylation sites is 3. The van der Waals surface area contributed by atoms with E-state index in [1.165, 1.54) is 12.1 Å². The molecule has 1 unspecified atom stereocenters. The minimum absolute atomic E-state index is 0.278. The minimum atomic E-state index is -1.13. The van der Waals surface area contributed by atoms with Gasteiger partial charge in [-0.25, -0.2) is 4.79 Å². The monoisotopic (exact) mass is 409 g/mol. The minimum Gasteiger partial charge on any atom is -0.455 e. The van der Waals surface area contributed by atoms with Gasteiger partial charge in [-0.05, 0) is 48.5 Å². The maximum absolute atomic E-state index is 12.2. The molecule has 1 N–H and O–H groups in total. The third kappa shape index (κ3) is 5.76. The van der Waals surface area contributed by atoms with E-state index in [4.69, 9.17) is 9.47 Å². The second-order valence-corrected chi connectivity index (χ2v) is 7.39. The molecule has 3 rings (SSSR count). The standard InChI is InChI=1S/C22H19NO5S/c1-29(26)18-13-11-16(12-14-18)22(25)27-15-21(24)23-19-9-5-6-10-20(19)28-17-7-3-2-4-8-17/h2-14H,15H2,1H3,(H,23,24). The molecule has 0 bridgehead atoms. The van der Waals surface area contributed by atoms with Crippen molar-refractivity contribution >= 4 is 28.4 Å². The van der Waals surface area contributed by atoms with Crippen LogP contribution in [0.2, 0.25) is 0 Å². The third-order valence-electron chi connectivity index (χ3n) is 3.89. The lowest BCUT2D eigenvalue weighted by Crippen LogP contribution is -2.21. The van der Waals surface area contributed by atoms with E-state index in [-0.39, 0.29) is 5.56 Å². The molecule has 0 spiro atoms. The van der Waals surface area contributed by atoms with Crippen molar-refractivity contribution in [1.82, 2.24) is 0 Å². The van der Waals surface area contributed by atoms with Gasteiger partial charge in [0, 0.05) is 22.0 Å². The van der Waals surface area contributed by atoms with Gasteiger partial charge in [-0.2, -0.15) is 0 Å². The highest BCUT2D eigenvalue weighted by molar-refractivity contribution is 7.84. The van der Waals surface area contributed by atoms with Crippen molar-refractivity contribution in [2.24, 2.45) is 0 Å². The number of benzene rings is 3. The molecule has 1 atom stereocenters. The Bertz CT molecular complexity index is 1020. The van der Waals surface area contributed by atoms with Gasteiger partial charge in [0.1, 0.15) is 5.75 Å². The van der Waals surface area contributed by atoms with E-state index in [0.717, 1.165) is 0 Å². The third-order valence-corrected chi connectivity index (χ3v) is 4.82. The zero-order valence-corrected chi connectivity index (χ0v) is 16.5. The Morgan fingerprint density at radius 1 is 0.897 bits per heavy atom. The van der Waals surface area contributed by atoms with E-state index in [1.54, 1.807) is 54.8 Å². The number of ether oxygens (including phenoxy) is 2. The van der Waals surface area contributed by atoms with E-state index >= 15 is 0 Å².